The molecule has 2 rings (SSSR count). The van der Waals surface area contributed by atoms with Gasteiger partial charge in [-0.1, -0.05) is 13.8 Å². The summed E-state index contributed by atoms with van der Waals surface area (Å²) in [5, 5.41) is 5.79. The summed E-state index contributed by atoms with van der Waals surface area (Å²) in [6, 6.07) is 3.75. The lowest BCUT2D eigenvalue weighted by Crippen LogP contribution is -2.46. The van der Waals surface area contributed by atoms with Crippen molar-refractivity contribution in [2.75, 3.05) is 39.4 Å². The van der Waals surface area contributed by atoms with Crippen LogP contribution in [0.4, 0.5) is 4.79 Å². The molecule has 0 aromatic carbocycles. The number of carbonyl (C=O) groups is 1. The Morgan fingerprint density at radius 2 is 2.00 bits per heavy atom. The van der Waals surface area contributed by atoms with Crippen LogP contribution in [-0.2, 0) is 4.74 Å². The Bertz CT molecular complexity index is 414. The van der Waals surface area contributed by atoms with Crippen LogP contribution in [0.25, 0.3) is 0 Å². The highest BCUT2D eigenvalue weighted by atomic mass is 16.5. The Balaban J connectivity index is 1.88. The summed E-state index contributed by atoms with van der Waals surface area (Å²) in [5.41, 5.74) is 0. The summed E-state index contributed by atoms with van der Waals surface area (Å²) < 4.78 is 10.9. The fourth-order valence-corrected chi connectivity index (χ4v) is 2.33. The van der Waals surface area contributed by atoms with E-state index >= 15 is 0 Å². The Labute approximate surface area is 125 Å². The summed E-state index contributed by atoms with van der Waals surface area (Å²) >= 11 is 0. The Hall–Kier alpha value is -1.53. The number of carbonyl (C=O) groups excluding carboxylic acids is 1. The van der Waals surface area contributed by atoms with Crippen molar-refractivity contribution in [1.82, 2.24) is 15.5 Å². The van der Waals surface area contributed by atoms with Crippen LogP contribution in [0.3, 0.4) is 0 Å². The monoisotopic (exact) mass is 295 g/mol. The largest absolute Gasteiger partial charge is 0.468 e. The van der Waals surface area contributed by atoms with Crippen molar-refractivity contribution >= 4 is 6.03 Å². The standard InChI is InChI=1S/C15H25N3O3/c1-12(2)10-16-15(19)17-11-13(14-4-3-7-21-14)18-5-8-20-9-6-18/h3-4,7,12-13H,5-6,8-11H2,1-2H3,(H2,16,17,19). The van der Waals surface area contributed by atoms with Crippen LogP contribution in [0, 0.1) is 5.92 Å². The molecule has 1 saturated heterocycles. The molecule has 2 N–H and O–H groups in total. The number of hydrogen-bond acceptors (Lipinski definition) is 4. The van der Waals surface area contributed by atoms with E-state index in [0.717, 1.165) is 32.1 Å². The van der Waals surface area contributed by atoms with Gasteiger partial charge in [0.1, 0.15) is 5.76 Å². The maximum atomic E-state index is 11.8. The topological polar surface area (TPSA) is 66.7 Å². The summed E-state index contributed by atoms with van der Waals surface area (Å²) in [6.45, 7) is 8.47. The molecular weight excluding hydrogens is 270 g/mol. The highest BCUT2D eigenvalue weighted by molar-refractivity contribution is 5.73. The minimum Gasteiger partial charge on any atom is -0.468 e. The van der Waals surface area contributed by atoms with Gasteiger partial charge in [-0.15, -0.1) is 0 Å². The zero-order valence-electron chi connectivity index (χ0n) is 12.8. The highest BCUT2D eigenvalue weighted by Gasteiger charge is 2.25. The van der Waals surface area contributed by atoms with Gasteiger partial charge in [-0.05, 0) is 18.1 Å². The molecule has 0 radical (unpaired) electrons. The molecule has 118 valence electrons. The van der Waals surface area contributed by atoms with E-state index in [9.17, 15) is 4.79 Å². The molecule has 2 heterocycles. The summed E-state index contributed by atoms with van der Waals surface area (Å²) in [6.07, 6.45) is 1.67. The van der Waals surface area contributed by atoms with Crippen molar-refractivity contribution in [3.8, 4) is 0 Å². The minimum atomic E-state index is -0.131. The van der Waals surface area contributed by atoms with Gasteiger partial charge in [0.05, 0.1) is 25.5 Å². The van der Waals surface area contributed by atoms with Crippen LogP contribution in [0.1, 0.15) is 25.6 Å². The first-order valence-corrected chi connectivity index (χ1v) is 7.53. The van der Waals surface area contributed by atoms with Crippen molar-refractivity contribution in [1.29, 1.82) is 0 Å². The third-order valence-electron chi connectivity index (χ3n) is 3.48. The van der Waals surface area contributed by atoms with Crippen LogP contribution < -0.4 is 10.6 Å². The van der Waals surface area contributed by atoms with Crippen LogP contribution in [0.2, 0.25) is 0 Å². The van der Waals surface area contributed by atoms with Crippen molar-refractivity contribution in [2.24, 2.45) is 5.92 Å². The van der Waals surface area contributed by atoms with Crippen molar-refractivity contribution in [3.05, 3.63) is 24.2 Å². The third kappa shape index (κ3) is 5.06. The number of rotatable bonds is 6. The molecule has 21 heavy (non-hydrogen) atoms. The third-order valence-corrected chi connectivity index (χ3v) is 3.48. The first kappa shape index (κ1) is 15.9. The molecule has 1 aromatic heterocycles. The van der Waals surface area contributed by atoms with E-state index in [-0.39, 0.29) is 12.1 Å². The number of nitrogens with zero attached hydrogens (tertiary/aromatic N) is 1. The lowest BCUT2D eigenvalue weighted by Gasteiger charge is -2.33. The summed E-state index contributed by atoms with van der Waals surface area (Å²) in [7, 11) is 0. The molecule has 0 spiro atoms. The predicted molar refractivity (Wildman–Crippen MR) is 80.1 cm³/mol. The number of ether oxygens (including phenoxy) is 1. The summed E-state index contributed by atoms with van der Waals surface area (Å²) in [5.74, 6) is 1.32. The van der Waals surface area contributed by atoms with Crippen LogP contribution in [0.5, 0.6) is 0 Å². The maximum absolute atomic E-state index is 11.8. The molecule has 6 nitrogen and oxygen atoms in total. The Morgan fingerprint density at radius 3 is 2.62 bits per heavy atom. The number of furan rings is 1. The number of hydrogen-bond donors (Lipinski definition) is 2. The average molecular weight is 295 g/mol. The fourth-order valence-electron chi connectivity index (χ4n) is 2.33. The number of nitrogens with one attached hydrogen (secondary N) is 2. The first-order valence-electron chi connectivity index (χ1n) is 7.53. The molecule has 1 aromatic rings. The molecule has 0 saturated carbocycles. The molecule has 6 heteroatoms. The van der Waals surface area contributed by atoms with Crippen LogP contribution in [0.15, 0.2) is 22.8 Å². The molecule has 1 fully saturated rings. The quantitative estimate of drug-likeness (QED) is 0.837. The first-order chi connectivity index (χ1) is 10.2. The minimum absolute atomic E-state index is 0.0497. The van der Waals surface area contributed by atoms with E-state index in [2.05, 4.69) is 29.4 Å². The predicted octanol–water partition coefficient (Wildman–Crippen LogP) is 1.61. The molecule has 1 aliphatic heterocycles. The normalized spacial score (nSPS) is 17.7. The van der Waals surface area contributed by atoms with E-state index in [4.69, 9.17) is 9.15 Å². The van der Waals surface area contributed by atoms with Gasteiger partial charge in [-0.3, -0.25) is 4.90 Å². The van der Waals surface area contributed by atoms with E-state index in [1.165, 1.54) is 0 Å². The van der Waals surface area contributed by atoms with E-state index < -0.39 is 0 Å². The second-order valence-electron chi connectivity index (χ2n) is 5.66. The van der Waals surface area contributed by atoms with Gasteiger partial charge in [-0.25, -0.2) is 4.79 Å². The van der Waals surface area contributed by atoms with Crippen molar-refractivity contribution in [3.63, 3.8) is 0 Å². The van der Waals surface area contributed by atoms with Gasteiger partial charge in [0.2, 0.25) is 0 Å². The maximum Gasteiger partial charge on any atom is 0.314 e. The van der Waals surface area contributed by atoms with Gasteiger partial charge in [0, 0.05) is 26.2 Å². The molecular formula is C15H25N3O3. The lowest BCUT2D eigenvalue weighted by molar-refractivity contribution is 0.0123. The van der Waals surface area contributed by atoms with E-state index in [0.29, 0.717) is 19.0 Å². The van der Waals surface area contributed by atoms with Gasteiger partial charge < -0.3 is 19.8 Å². The average Bonchev–Trinajstić information content (AvgIpc) is 3.00. The van der Waals surface area contributed by atoms with Crippen molar-refractivity contribution < 1.29 is 13.9 Å². The fraction of sp³-hybridized carbons (Fsp3) is 0.667. The Morgan fingerprint density at radius 1 is 1.29 bits per heavy atom. The highest BCUT2D eigenvalue weighted by Crippen LogP contribution is 2.21. The molecule has 0 aliphatic carbocycles. The van der Waals surface area contributed by atoms with Crippen molar-refractivity contribution in [2.45, 2.75) is 19.9 Å². The number of morpholine rings is 1. The SMILES string of the molecule is CC(C)CNC(=O)NCC(c1ccco1)N1CCOCC1. The molecule has 0 bridgehead atoms. The number of amides is 2. The van der Waals surface area contributed by atoms with Gasteiger partial charge >= 0.3 is 6.03 Å². The second kappa shape index (κ2) is 8.05. The van der Waals surface area contributed by atoms with Gasteiger partial charge in [0.25, 0.3) is 0 Å². The molecule has 1 aliphatic rings. The zero-order chi connectivity index (χ0) is 15.1. The number of urea groups is 1. The molecule has 1 atom stereocenters. The van der Waals surface area contributed by atoms with E-state index in [1.54, 1.807) is 6.26 Å². The zero-order valence-corrected chi connectivity index (χ0v) is 12.8. The van der Waals surface area contributed by atoms with Gasteiger partial charge in [-0.2, -0.15) is 0 Å². The van der Waals surface area contributed by atoms with E-state index in [1.807, 2.05) is 12.1 Å². The molecule has 1 unspecified atom stereocenters. The van der Waals surface area contributed by atoms with Crippen LogP contribution in [-0.4, -0.2) is 50.3 Å². The van der Waals surface area contributed by atoms with Crippen LogP contribution >= 0.6 is 0 Å². The molecule has 2 amide bonds. The lowest BCUT2D eigenvalue weighted by atomic mass is 10.1. The second-order valence-corrected chi connectivity index (χ2v) is 5.66. The van der Waals surface area contributed by atoms with Gasteiger partial charge in [0.15, 0.2) is 0 Å². The summed E-state index contributed by atoms with van der Waals surface area (Å²) in [4.78, 5) is 14.1. The Kier molecular flexibility index (Phi) is 6.07. The smallest absolute Gasteiger partial charge is 0.314 e.